The van der Waals surface area contributed by atoms with Crippen LogP contribution in [0.25, 0.3) is 0 Å². The summed E-state index contributed by atoms with van der Waals surface area (Å²) in [6.07, 6.45) is 3.07. The molecule has 0 unspecified atom stereocenters. The molecule has 18 heavy (non-hydrogen) atoms. The van der Waals surface area contributed by atoms with Gasteiger partial charge >= 0.3 is 0 Å². The van der Waals surface area contributed by atoms with Crippen LogP contribution in [-0.2, 0) is 19.5 Å². The second-order valence-electron chi connectivity index (χ2n) is 4.63. The summed E-state index contributed by atoms with van der Waals surface area (Å²) >= 11 is 1.89. The van der Waals surface area contributed by atoms with E-state index in [0.717, 1.165) is 25.5 Å². The minimum atomic E-state index is 0.945. The van der Waals surface area contributed by atoms with Crippen LogP contribution in [0.1, 0.15) is 16.0 Å². The lowest BCUT2D eigenvalue weighted by Gasteiger charge is -2.26. The molecule has 1 N–H and O–H groups in total. The summed E-state index contributed by atoms with van der Waals surface area (Å²) < 4.78 is 0. The van der Waals surface area contributed by atoms with Crippen LogP contribution in [0.2, 0.25) is 0 Å². The summed E-state index contributed by atoms with van der Waals surface area (Å²) in [6, 6.07) is 6.49. The van der Waals surface area contributed by atoms with Crippen molar-refractivity contribution in [2.45, 2.75) is 19.5 Å². The number of hydrogen-bond donors (Lipinski definition) is 1. The SMILES string of the molecule is CNc1cc(CN2CCc3sccc3C2)ccn1. The van der Waals surface area contributed by atoms with Crippen LogP contribution in [0, 0.1) is 0 Å². The number of thiophene rings is 1. The fraction of sp³-hybridized carbons (Fsp3) is 0.357. The number of fused-ring (bicyclic) bond motifs is 1. The highest BCUT2D eigenvalue weighted by atomic mass is 32.1. The first-order valence-electron chi connectivity index (χ1n) is 6.25. The maximum absolute atomic E-state index is 4.25. The summed E-state index contributed by atoms with van der Waals surface area (Å²) in [6.45, 7) is 3.24. The van der Waals surface area contributed by atoms with E-state index >= 15 is 0 Å². The van der Waals surface area contributed by atoms with Gasteiger partial charge in [0.05, 0.1) is 0 Å². The summed E-state index contributed by atoms with van der Waals surface area (Å²) in [4.78, 5) is 8.32. The van der Waals surface area contributed by atoms with E-state index in [9.17, 15) is 0 Å². The molecular formula is C14H17N3S. The Morgan fingerprint density at radius 1 is 1.44 bits per heavy atom. The molecule has 0 radical (unpaired) electrons. The maximum Gasteiger partial charge on any atom is 0.125 e. The van der Waals surface area contributed by atoms with Gasteiger partial charge in [-0.05, 0) is 41.1 Å². The van der Waals surface area contributed by atoms with Gasteiger partial charge in [0.15, 0.2) is 0 Å². The number of aromatic nitrogens is 1. The molecule has 0 amide bonds. The normalized spacial score (nSPS) is 15.4. The molecule has 0 saturated heterocycles. The summed E-state index contributed by atoms with van der Waals surface area (Å²) in [5, 5.41) is 5.30. The van der Waals surface area contributed by atoms with Crippen LogP contribution in [-0.4, -0.2) is 23.5 Å². The lowest BCUT2D eigenvalue weighted by atomic mass is 10.1. The predicted molar refractivity (Wildman–Crippen MR) is 75.9 cm³/mol. The van der Waals surface area contributed by atoms with E-state index in [1.807, 2.05) is 24.6 Å². The second kappa shape index (κ2) is 5.08. The Morgan fingerprint density at radius 2 is 2.39 bits per heavy atom. The molecular weight excluding hydrogens is 242 g/mol. The molecule has 0 atom stereocenters. The van der Waals surface area contributed by atoms with Gasteiger partial charge in [-0.1, -0.05) is 0 Å². The van der Waals surface area contributed by atoms with E-state index in [1.54, 1.807) is 4.88 Å². The molecule has 0 aromatic carbocycles. The number of anilines is 1. The third-order valence-electron chi connectivity index (χ3n) is 3.37. The van der Waals surface area contributed by atoms with E-state index in [4.69, 9.17) is 0 Å². The van der Waals surface area contributed by atoms with Crippen molar-refractivity contribution in [2.75, 3.05) is 18.9 Å². The molecule has 3 rings (SSSR count). The molecule has 1 aliphatic heterocycles. The van der Waals surface area contributed by atoms with Gasteiger partial charge in [-0.25, -0.2) is 4.98 Å². The standard InChI is InChI=1S/C14H17N3S/c1-15-14-8-11(2-5-16-14)9-17-6-3-13-12(10-17)4-7-18-13/h2,4-5,7-8H,3,6,9-10H2,1H3,(H,15,16). The first-order chi connectivity index (χ1) is 8.85. The van der Waals surface area contributed by atoms with Crippen LogP contribution in [0.5, 0.6) is 0 Å². The maximum atomic E-state index is 4.25. The van der Waals surface area contributed by atoms with Gasteiger partial charge in [0.1, 0.15) is 5.82 Å². The number of hydrogen-bond acceptors (Lipinski definition) is 4. The van der Waals surface area contributed by atoms with Crippen molar-refractivity contribution >= 4 is 17.2 Å². The summed E-state index contributed by atoms with van der Waals surface area (Å²) in [5.74, 6) is 0.945. The van der Waals surface area contributed by atoms with E-state index in [1.165, 1.54) is 17.5 Å². The van der Waals surface area contributed by atoms with Crippen molar-refractivity contribution in [3.8, 4) is 0 Å². The molecule has 3 heterocycles. The topological polar surface area (TPSA) is 28.2 Å². The van der Waals surface area contributed by atoms with Crippen LogP contribution < -0.4 is 5.32 Å². The average Bonchev–Trinajstić information content (AvgIpc) is 2.86. The molecule has 3 nitrogen and oxygen atoms in total. The Labute approximate surface area is 111 Å². The number of rotatable bonds is 3. The molecule has 0 aliphatic carbocycles. The average molecular weight is 259 g/mol. The van der Waals surface area contributed by atoms with E-state index in [0.29, 0.717) is 0 Å². The zero-order chi connectivity index (χ0) is 12.4. The van der Waals surface area contributed by atoms with Crippen molar-refractivity contribution in [3.05, 3.63) is 45.8 Å². The van der Waals surface area contributed by atoms with Gasteiger partial charge in [-0.2, -0.15) is 0 Å². The highest BCUT2D eigenvalue weighted by molar-refractivity contribution is 7.10. The molecule has 2 aromatic rings. The molecule has 0 bridgehead atoms. The lowest BCUT2D eigenvalue weighted by molar-refractivity contribution is 0.247. The smallest absolute Gasteiger partial charge is 0.125 e. The van der Waals surface area contributed by atoms with E-state index < -0.39 is 0 Å². The summed E-state index contributed by atoms with van der Waals surface area (Å²) in [5.41, 5.74) is 2.84. The first kappa shape index (κ1) is 11.7. The Morgan fingerprint density at radius 3 is 3.28 bits per heavy atom. The van der Waals surface area contributed by atoms with E-state index in [2.05, 4.69) is 38.8 Å². The number of nitrogens with zero attached hydrogens (tertiary/aromatic N) is 2. The second-order valence-corrected chi connectivity index (χ2v) is 5.63. The minimum absolute atomic E-state index is 0.945. The van der Waals surface area contributed by atoms with Gasteiger partial charge < -0.3 is 5.32 Å². The molecule has 4 heteroatoms. The predicted octanol–water partition coefficient (Wildman–Crippen LogP) is 2.74. The Balaban J connectivity index is 1.70. The zero-order valence-electron chi connectivity index (χ0n) is 10.5. The summed E-state index contributed by atoms with van der Waals surface area (Å²) in [7, 11) is 1.91. The third kappa shape index (κ3) is 2.40. The molecule has 2 aromatic heterocycles. The van der Waals surface area contributed by atoms with Gasteiger partial charge in [0, 0.05) is 37.8 Å². The van der Waals surface area contributed by atoms with Crippen LogP contribution in [0.15, 0.2) is 29.8 Å². The monoisotopic (exact) mass is 259 g/mol. The Bertz CT molecular complexity index is 535. The third-order valence-corrected chi connectivity index (χ3v) is 4.40. The van der Waals surface area contributed by atoms with Crippen molar-refractivity contribution in [2.24, 2.45) is 0 Å². The van der Waals surface area contributed by atoms with Gasteiger partial charge in [-0.15, -0.1) is 11.3 Å². The first-order valence-corrected chi connectivity index (χ1v) is 7.13. The van der Waals surface area contributed by atoms with Crippen LogP contribution in [0.3, 0.4) is 0 Å². The molecule has 94 valence electrons. The van der Waals surface area contributed by atoms with Gasteiger partial charge in [0.25, 0.3) is 0 Å². The Hall–Kier alpha value is -1.39. The van der Waals surface area contributed by atoms with Gasteiger partial charge in [-0.3, -0.25) is 4.90 Å². The molecule has 0 spiro atoms. The fourth-order valence-corrected chi connectivity index (χ4v) is 3.30. The van der Waals surface area contributed by atoms with Crippen molar-refractivity contribution < 1.29 is 0 Å². The lowest BCUT2D eigenvalue weighted by Crippen LogP contribution is -2.29. The van der Waals surface area contributed by atoms with Gasteiger partial charge in [0.2, 0.25) is 0 Å². The fourth-order valence-electron chi connectivity index (χ4n) is 2.41. The van der Waals surface area contributed by atoms with Crippen LogP contribution in [0.4, 0.5) is 5.82 Å². The highest BCUT2D eigenvalue weighted by Crippen LogP contribution is 2.25. The Kier molecular flexibility index (Phi) is 3.30. The van der Waals surface area contributed by atoms with Crippen molar-refractivity contribution in [1.82, 2.24) is 9.88 Å². The zero-order valence-corrected chi connectivity index (χ0v) is 11.3. The molecule has 1 aliphatic rings. The van der Waals surface area contributed by atoms with Crippen molar-refractivity contribution in [3.63, 3.8) is 0 Å². The minimum Gasteiger partial charge on any atom is -0.373 e. The van der Waals surface area contributed by atoms with E-state index in [-0.39, 0.29) is 0 Å². The largest absolute Gasteiger partial charge is 0.373 e. The quantitative estimate of drug-likeness (QED) is 0.918. The number of pyridine rings is 1. The molecule has 0 saturated carbocycles. The number of nitrogens with one attached hydrogen (secondary N) is 1. The van der Waals surface area contributed by atoms with Crippen LogP contribution >= 0.6 is 11.3 Å². The molecule has 0 fully saturated rings. The highest BCUT2D eigenvalue weighted by Gasteiger charge is 2.17. The van der Waals surface area contributed by atoms with Crippen molar-refractivity contribution in [1.29, 1.82) is 0 Å².